The summed E-state index contributed by atoms with van der Waals surface area (Å²) >= 11 is 0. The molecule has 2 atom stereocenters. The van der Waals surface area contributed by atoms with Crippen LogP contribution in [0.15, 0.2) is 18.2 Å². The van der Waals surface area contributed by atoms with Crippen LogP contribution in [0.25, 0.3) is 0 Å². The summed E-state index contributed by atoms with van der Waals surface area (Å²) in [5.41, 5.74) is 6.13. The molecular formula is C10H13NO4. The minimum atomic E-state index is -0.899. The molecule has 0 spiro atoms. The topological polar surface area (TPSA) is 84.9 Å². The van der Waals surface area contributed by atoms with Crippen LogP contribution in [-0.4, -0.2) is 29.7 Å². The number of aliphatic hydroxyl groups excluding tert-OH is 2. The van der Waals surface area contributed by atoms with Gasteiger partial charge < -0.3 is 25.4 Å². The highest BCUT2D eigenvalue weighted by Gasteiger charge is 2.20. The highest BCUT2D eigenvalue weighted by molar-refractivity contribution is 5.45. The monoisotopic (exact) mass is 211 g/mol. The Morgan fingerprint density at radius 3 is 2.80 bits per heavy atom. The molecule has 0 aliphatic carbocycles. The average molecular weight is 211 g/mol. The van der Waals surface area contributed by atoms with Gasteiger partial charge in [0.1, 0.15) is 0 Å². The van der Waals surface area contributed by atoms with Crippen LogP contribution in [0.5, 0.6) is 11.5 Å². The van der Waals surface area contributed by atoms with Crippen molar-refractivity contribution in [1.82, 2.24) is 0 Å². The van der Waals surface area contributed by atoms with E-state index in [9.17, 15) is 5.11 Å². The number of aliphatic hydroxyl groups is 2. The van der Waals surface area contributed by atoms with Crippen LogP contribution < -0.4 is 15.2 Å². The summed E-state index contributed by atoms with van der Waals surface area (Å²) in [5, 5.41) is 18.6. The zero-order valence-electron chi connectivity index (χ0n) is 8.09. The van der Waals surface area contributed by atoms with Crippen molar-refractivity contribution >= 4 is 0 Å². The fourth-order valence-corrected chi connectivity index (χ4v) is 1.44. The summed E-state index contributed by atoms with van der Waals surface area (Å²) in [7, 11) is 0. The molecule has 5 heteroatoms. The molecule has 1 aromatic carbocycles. The summed E-state index contributed by atoms with van der Waals surface area (Å²) < 4.78 is 10.3. The van der Waals surface area contributed by atoms with E-state index in [4.69, 9.17) is 20.3 Å². The average Bonchev–Trinajstić information content (AvgIpc) is 2.73. The fourth-order valence-electron chi connectivity index (χ4n) is 1.44. The first-order chi connectivity index (χ1) is 7.22. The molecule has 0 fully saturated rings. The second-order valence-corrected chi connectivity index (χ2v) is 3.40. The fraction of sp³-hybridized carbons (Fsp3) is 0.400. The lowest BCUT2D eigenvalue weighted by Gasteiger charge is -2.16. The van der Waals surface area contributed by atoms with Gasteiger partial charge >= 0.3 is 0 Å². The summed E-state index contributed by atoms with van der Waals surface area (Å²) in [4.78, 5) is 0. The first-order valence-electron chi connectivity index (χ1n) is 4.66. The molecular weight excluding hydrogens is 198 g/mol. The smallest absolute Gasteiger partial charge is 0.231 e. The van der Waals surface area contributed by atoms with Crippen molar-refractivity contribution < 1.29 is 19.7 Å². The lowest BCUT2D eigenvalue weighted by molar-refractivity contribution is 0.109. The number of hydrogen-bond donors (Lipinski definition) is 3. The number of rotatable bonds is 3. The van der Waals surface area contributed by atoms with Gasteiger partial charge in [-0.3, -0.25) is 0 Å². The molecule has 2 unspecified atom stereocenters. The molecule has 0 saturated heterocycles. The van der Waals surface area contributed by atoms with Crippen LogP contribution in [0.4, 0.5) is 0 Å². The maximum atomic E-state index is 9.74. The SMILES string of the molecule is NC(CO)C(O)c1ccc2c(c1)OCO2. The van der Waals surface area contributed by atoms with E-state index in [2.05, 4.69) is 0 Å². The summed E-state index contributed by atoms with van der Waals surface area (Å²) in [6.07, 6.45) is -0.899. The minimum Gasteiger partial charge on any atom is -0.454 e. The predicted molar refractivity (Wildman–Crippen MR) is 52.6 cm³/mol. The third-order valence-electron chi connectivity index (χ3n) is 2.35. The number of ether oxygens (including phenoxy) is 2. The zero-order valence-corrected chi connectivity index (χ0v) is 8.09. The Kier molecular flexibility index (Phi) is 2.77. The number of hydrogen-bond acceptors (Lipinski definition) is 5. The van der Waals surface area contributed by atoms with E-state index in [1.54, 1.807) is 18.2 Å². The Balaban J connectivity index is 2.22. The van der Waals surface area contributed by atoms with Crippen molar-refractivity contribution in [2.75, 3.05) is 13.4 Å². The predicted octanol–water partition coefficient (Wildman–Crippen LogP) is -0.232. The van der Waals surface area contributed by atoms with Gasteiger partial charge in [0.15, 0.2) is 11.5 Å². The highest BCUT2D eigenvalue weighted by Crippen LogP contribution is 2.34. The van der Waals surface area contributed by atoms with Gasteiger partial charge in [-0.05, 0) is 17.7 Å². The normalized spacial score (nSPS) is 17.5. The van der Waals surface area contributed by atoms with E-state index < -0.39 is 12.1 Å². The van der Waals surface area contributed by atoms with Crippen molar-refractivity contribution in [3.8, 4) is 11.5 Å². The lowest BCUT2D eigenvalue weighted by Crippen LogP contribution is -2.31. The van der Waals surface area contributed by atoms with Gasteiger partial charge in [-0.2, -0.15) is 0 Å². The van der Waals surface area contributed by atoms with E-state index in [0.29, 0.717) is 17.1 Å². The minimum absolute atomic E-state index is 0.195. The van der Waals surface area contributed by atoms with Crippen molar-refractivity contribution in [2.45, 2.75) is 12.1 Å². The van der Waals surface area contributed by atoms with Gasteiger partial charge in [0.25, 0.3) is 0 Å². The van der Waals surface area contributed by atoms with E-state index >= 15 is 0 Å². The maximum absolute atomic E-state index is 9.74. The third-order valence-corrected chi connectivity index (χ3v) is 2.35. The first kappa shape index (κ1) is 10.2. The molecule has 0 radical (unpaired) electrons. The molecule has 0 bridgehead atoms. The molecule has 5 nitrogen and oxygen atoms in total. The second kappa shape index (κ2) is 4.06. The maximum Gasteiger partial charge on any atom is 0.231 e. The van der Waals surface area contributed by atoms with Crippen LogP contribution in [0.3, 0.4) is 0 Å². The van der Waals surface area contributed by atoms with Gasteiger partial charge in [0.05, 0.1) is 18.8 Å². The molecule has 4 N–H and O–H groups in total. The van der Waals surface area contributed by atoms with Crippen LogP contribution in [-0.2, 0) is 0 Å². The van der Waals surface area contributed by atoms with Gasteiger partial charge in [-0.25, -0.2) is 0 Å². The Labute approximate surface area is 87.0 Å². The Bertz CT molecular complexity index is 355. The molecule has 1 aliphatic rings. The van der Waals surface area contributed by atoms with Gasteiger partial charge in [-0.15, -0.1) is 0 Å². The Morgan fingerprint density at radius 2 is 2.07 bits per heavy atom. The zero-order chi connectivity index (χ0) is 10.8. The second-order valence-electron chi connectivity index (χ2n) is 3.40. The number of benzene rings is 1. The molecule has 1 aromatic rings. The summed E-state index contributed by atoms with van der Waals surface area (Å²) in [5.74, 6) is 1.25. The largest absolute Gasteiger partial charge is 0.454 e. The van der Waals surface area contributed by atoms with Gasteiger partial charge in [0, 0.05) is 0 Å². The highest BCUT2D eigenvalue weighted by atomic mass is 16.7. The van der Waals surface area contributed by atoms with Crippen LogP contribution >= 0.6 is 0 Å². The number of nitrogens with two attached hydrogens (primary N) is 1. The molecule has 82 valence electrons. The molecule has 0 saturated carbocycles. The van der Waals surface area contributed by atoms with Crippen molar-refractivity contribution in [3.63, 3.8) is 0 Å². The van der Waals surface area contributed by atoms with Gasteiger partial charge in [0.2, 0.25) is 6.79 Å². The Hall–Kier alpha value is -1.30. The summed E-state index contributed by atoms with van der Waals surface area (Å²) in [6.45, 7) is -0.0729. The molecule has 2 rings (SSSR count). The van der Waals surface area contributed by atoms with Crippen molar-refractivity contribution in [3.05, 3.63) is 23.8 Å². The van der Waals surface area contributed by atoms with Crippen LogP contribution in [0, 0.1) is 0 Å². The Morgan fingerprint density at radius 1 is 1.33 bits per heavy atom. The number of fused-ring (bicyclic) bond motifs is 1. The molecule has 1 aliphatic heterocycles. The van der Waals surface area contributed by atoms with Gasteiger partial charge in [-0.1, -0.05) is 6.07 Å². The van der Waals surface area contributed by atoms with Crippen molar-refractivity contribution in [2.24, 2.45) is 5.73 Å². The third kappa shape index (κ3) is 1.90. The lowest BCUT2D eigenvalue weighted by atomic mass is 10.0. The molecule has 0 amide bonds. The molecule has 15 heavy (non-hydrogen) atoms. The van der Waals surface area contributed by atoms with Crippen LogP contribution in [0.1, 0.15) is 11.7 Å². The quantitative estimate of drug-likeness (QED) is 0.643. The van der Waals surface area contributed by atoms with Crippen molar-refractivity contribution in [1.29, 1.82) is 0 Å². The first-order valence-corrected chi connectivity index (χ1v) is 4.66. The molecule has 0 aromatic heterocycles. The summed E-state index contributed by atoms with van der Waals surface area (Å²) in [6, 6.07) is 4.40. The molecule has 1 heterocycles. The van der Waals surface area contributed by atoms with E-state index in [1.807, 2.05) is 0 Å². The van der Waals surface area contributed by atoms with Crippen LogP contribution in [0.2, 0.25) is 0 Å². The van der Waals surface area contributed by atoms with E-state index in [1.165, 1.54) is 0 Å². The standard InChI is InChI=1S/C10H13NO4/c11-7(4-12)10(13)6-1-2-8-9(3-6)15-5-14-8/h1-3,7,10,12-13H,4-5,11H2. The van der Waals surface area contributed by atoms with E-state index in [0.717, 1.165) is 0 Å². The van der Waals surface area contributed by atoms with E-state index in [-0.39, 0.29) is 13.4 Å².